The first-order chi connectivity index (χ1) is 11.6. The number of hydrogen-bond donors (Lipinski definition) is 1. The Bertz CT molecular complexity index is 611. The minimum atomic E-state index is 0.202. The number of hydrogen-bond acceptors (Lipinski definition) is 4. The number of aromatic nitrogens is 2. The van der Waals surface area contributed by atoms with Crippen LogP contribution < -0.4 is 10.6 Å². The molecule has 0 radical (unpaired) electrons. The fourth-order valence-corrected chi connectivity index (χ4v) is 8.24. The summed E-state index contributed by atoms with van der Waals surface area (Å²) in [6.45, 7) is 2.34. The molecule has 5 fully saturated rings. The summed E-state index contributed by atoms with van der Waals surface area (Å²) in [7, 11) is 0. The van der Waals surface area contributed by atoms with Gasteiger partial charge in [-0.2, -0.15) is 0 Å². The predicted molar refractivity (Wildman–Crippen MR) is 99.9 cm³/mol. The van der Waals surface area contributed by atoms with Crippen molar-refractivity contribution in [2.45, 2.75) is 60.8 Å². The van der Waals surface area contributed by atoms with E-state index in [9.17, 15) is 0 Å². The van der Waals surface area contributed by atoms with E-state index in [4.69, 9.17) is 10.7 Å². The Balaban J connectivity index is 1.48. The molecule has 6 rings (SSSR count). The van der Waals surface area contributed by atoms with Crippen LogP contribution in [0.15, 0.2) is 6.07 Å². The van der Waals surface area contributed by atoms with Crippen molar-refractivity contribution in [1.29, 1.82) is 0 Å². The Labute approximate surface area is 151 Å². The van der Waals surface area contributed by atoms with Crippen LogP contribution in [0, 0.1) is 17.8 Å². The molecule has 2 atom stereocenters. The molecule has 5 heteroatoms. The first-order valence-corrected chi connectivity index (χ1v) is 13.0. The van der Waals surface area contributed by atoms with Crippen LogP contribution in [0.5, 0.6) is 0 Å². The van der Waals surface area contributed by atoms with Gasteiger partial charge >= 0.3 is 152 Å². The van der Waals surface area contributed by atoms with Gasteiger partial charge in [-0.05, 0) is 0 Å². The third-order valence-electron chi connectivity index (χ3n) is 7.23. The van der Waals surface area contributed by atoms with Gasteiger partial charge in [0, 0.05) is 0 Å². The van der Waals surface area contributed by atoms with Gasteiger partial charge in [0.25, 0.3) is 0 Å². The molecule has 0 aromatic carbocycles. The van der Waals surface area contributed by atoms with E-state index < -0.39 is 0 Å². The van der Waals surface area contributed by atoms with Gasteiger partial charge < -0.3 is 0 Å². The second-order valence-corrected chi connectivity index (χ2v) is 11.8. The number of nitrogen functional groups attached to an aromatic ring is 1. The molecule has 4 nitrogen and oxygen atoms in total. The quantitative estimate of drug-likeness (QED) is 0.809. The third-order valence-corrected chi connectivity index (χ3v) is 9.93. The van der Waals surface area contributed by atoms with Crippen molar-refractivity contribution in [3.8, 4) is 0 Å². The SMILES string of the molecule is C[AsH][C@@H]1CCN(c2cc(C34CC5CC(CC(C5)C3)C4)nc(N)n2)C1. The summed E-state index contributed by atoms with van der Waals surface area (Å²) in [6.07, 6.45) is 9.80. The van der Waals surface area contributed by atoms with Crippen LogP contribution in [0.25, 0.3) is 0 Å². The second-order valence-electron chi connectivity index (χ2n) is 8.89. The van der Waals surface area contributed by atoms with Crippen molar-refractivity contribution in [1.82, 2.24) is 9.97 Å². The average Bonchev–Trinajstić information content (AvgIpc) is 3.02. The Kier molecular flexibility index (Phi) is 3.63. The van der Waals surface area contributed by atoms with E-state index in [0.717, 1.165) is 34.8 Å². The fraction of sp³-hybridized carbons (Fsp3) is 0.789. The van der Waals surface area contributed by atoms with Gasteiger partial charge in [0.1, 0.15) is 0 Å². The van der Waals surface area contributed by atoms with Gasteiger partial charge in [-0.1, -0.05) is 0 Å². The molecule has 1 aliphatic heterocycles. The molecule has 1 aromatic heterocycles. The molecule has 1 aromatic rings. The summed E-state index contributed by atoms with van der Waals surface area (Å²) >= 11 is 0.202. The standard InChI is InChI=1S/C19H29AsN4/c1-20-15-2-3-24(11-15)17-7-16(22-18(21)23-17)19-8-12-4-13(9-19)6-14(5-12)10-19/h7,12-15,20H,2-6,8-11H2,1H3,(H2,21,22,23)/t12?,13?,14?,15-,19?/m1/s1. The van der Waals surface area contributed by atoms with E-state index in [-0.39, 0.29) is 15.8 Å². The normalized spacial score (nSPS) is 41.0. The number of anilines is 2. The molecule has 4 bridgehead atoms. The Hall–Kier alpha value is -0.762. The van der Waals surface area contributed by atoms with E-state index in [1.54, 1.807) is 0 Å². The Morgan fingerprint density at radius 1 is 1.12 bits per heavy atom. The van der Waals surface area contributed by atoms with Gasteiger partial charge in [-0.25, -0.2) is 0 Å². The molecule has 4 aliphatic carbocycles. The summed E-state index contributed by atoms with van der Waals surface area (Å²) in [4.78, 5) is 11.9. The molecule has 1 saturated heterocycles. The first-order valence-electron chi connectivity index (χ1n) is 9.71. The van der Waals surface area contributed by atoms with Gasteiger partial charge in [-0.3, -0.25) is 0 Å². The van der Waals surface area contributed by atoms with Gasteiger partial charge in [0.15, 0.2) is 0 Å². The van der Waals surface area contributed by atoms with Gasteiger partial charge in [0.05, 0.1) is 0 Å². The number of rotatable bonds is 3. The van der Waals surface area contributed by atoms with Crippen LogP contribution in [-0.4, -0.2) is 38.8 Å². The van der Waals surface area contributed by atoms with Gasteiger partial charge in [0.2, 0.25) is 0 Å². The van der Waals surface area contributed by atoms with E-state index in [2.05, 4.69) is 21.7 Å². The maximum absolute atomic E-state index is 6.17. The summed E-state index contributed by atoms with van der Waals surface area (Å²) in [6, 6.07) is 2.32. The van der Waals surface area contributed by atoms with Crippen molar-refractivity contribution in [3.63, 3.8) is 0 Å². The molecule has 2 heterocycles. The molecule has 2 N–H and O–H groups in total. The summed E-state index contributed by atoms with van der Waals surface area (Å²) in [5.74, 6) is 4.43. The zero-order chi connectivity index (χ0) is 16.3. The second kappa shape index (κ2) is 5.62. The molecule has 0 amide bonds. The molecule has 5 aliphatic rings. The van der Waals surface area contributed by atoms with Crippen molar-refractivity contribution in [2.24, 2.45) is 17.8 Å². The van der Waals surface area contributed by atoms with Crippen LogP contribution >= 0.6 is 0 Å². The number of nitrogens with two attached hydrogens (primary N) is 1. The van der Waals surface area contributed by atoms with E-state index in [1.165, 1.54) is 57.2 Å². The minimum absolute atomic E-state index is 0.202. The average molecular weight is 388 g/mol. The van der Waals surface area contributed by atoms with Crippen LogP contribution in [0.2, 0.25) is 10.4 Å². The van der Waals surface area contributed by atoms with Crippen LogP contribution in [0.1, 0.15) is 50.6 Å². The van der Waals surface area contributed by atoms with Crippen molar-refractivity contribution >= 4 is 27.5 Å². The topological polar surface area (TPSA) is 55.0 Å². The first kappa shape index (κ1) is 15.5. The van der Waals surface area contributed by atoms with Crippen molar-refractivity contribution in [3.05, 3.63) is 11.8 Å². The summed E-state index contributed by atoms with van der Waals surface area (Å²) in [5, 5.41) is 0. The van der Waals surface area contributed by atoms with Crippen molar-refractivity contribution in [2.75, 3.05) is 23.7 Å². The van der Waals surface area contributed by atoms with Crippen LogP contribution in [-0.2, 0) is 5.41 Å². The van der Waals surface area contributed by atoms with E-state index >= 15 is 0 Å². The zero-order valence-corrected chi connectivity index (χ0v) is 16.8. The molecule has 4 saturated carbocycles. The molecule has 1 unspecified atom stereocenters. The Morgan fingerprint density at radius 2 is 1.79 bits per heavy atom. The molecule has 0 spiro atoms. The molecule has 24 heavy (non-hydrogen) atoms. The molecular weight excluding hydrogens is 359 g/mol. The monoisotopic (exact) mass is 388 g/mol. The zero-order valence-electron chi connectivity index (χ0n) is 14.7. The maximum atomic E-state index is 6.17. The van der Waals surface area contributed by atoms with E-state index in [0.29, 0.717) is 11.4 Å². The van der Waals surface area contributed by atoms with E-state index in [1.807, 2.05) is 0 Å². The van der Waals surface area contributed by atoms with Crippen LogP contribution in [0.3, 0.4) is 0 Å². The molecule has 130 valence electrons. The molecular formula is C19H29AsN4. The number of nitrogens with zero attached hydrogens (tertiary/aromatic N) is 3. The van der Waals surface area contributed by atoms with Crippen LogP contribution in [0.4, 0.5) is 11.8 Å². The third kappa shape index (κ3) is 2.48. The predicted octanol–water partition coefficient (Wildman–Crippen LogP) is 3.01. The van der Waals surface area contributed by atoms with Crippen molar-refractivity contribution < 1.29 is 0 Å². The Morgan fingerprint density at radius 3 is 2.38 bits per heavy atom. The summed E-state index contributed by atoms with van der Waals surface area (Å²) < 4.78 is 0.934. The summed E-state index contributed by atoms with van der Waals surface area (Å²) in [5.41, 5.74) is 10.2. The van der Waals surface area contributed by atoms with Gasteiger partial charge in [-0.15, -0.1) is 0 Å². The fourth-order valence-electron chi connectivity index (χ4n) is 6.51.